The number of halogens is 1. The van der Waals surface area contributed by atoms with E-state index in [1.807, 2.05) is 0 Å². The molecule has 2 heteroatoms. The highest BCUT2D eigenvalue weighted by Crippen LogP contribution is 2.39. The van der Waals surface area contributed by atoms with Gasteiger partial charge in [0.2, 0.25) is 0 Å². The molecule has 0 fully saturated rings. The molecule has 1 atom stereocenters. The van der Waals surface area contributed by atoms with Gasteiger partial charge < -0.3 is 4.74 Å². The second kappa shape index (κ2) is 3.93. The minimum absolute atomic E-state index is 0.253. The van der Waals surface area contributed by atoms with Crippen LogP contribution in [0.2, 0.25) is 0 Å². The van der Waals surface area contributed by atoms with Crippen LogP contribution in [0.25, 0.3) is 0 Å². The number of fused-ring (bicyclic) bond motifs is 1. The van der Waals surface area contributed by atoms with Crippen molar-refractivity contribution in [2.24, 2.45) is 0 Å². The zero-order valence-electron chi connectivity index (χ0n) is 8.59. The van der Waals surface area contributed by atoms with Gasteiger partial charge in [0.15, 0.2) is 0 Å². The minimum Gasteiger partial charge on any atom is -0.491 e. The number of hydrogen-bond acceptors (Lipinski definition) is 1. The van der Waals surface area contributed by atoms with Crippen LogP contribution in [0.3, 0.4) is 0 Å². The highest BCUT2D eigenvalue weighted by Gasteiger charge is 2.20. The normalized spacial score (nSPS) is 19.9. The first-order valence-electron chi connectivity index (χ1n) is 5.10. The number of aryl methyl sites for hydroxylation is 1. The van der Waals surface area contributed by atoms with Gasteiger partial charge in [-0.05, 0) is 49.9 Å². The Labute approximate surface area is 93.6 Å². The van der Waals surface area contributed by atoms with Crippen molar-refractivity contribution in [3.63, 3.8) is 0 Å². The Hall–Kier alpha value is -0.500. The van der Waals surface area contributed by atoms with Gasteiger partial charge in [0.05, 0.1) is 6.10 Å². The number of ether oxygens (including phenoxy) is 1. The minimum atomic E-state index is 0.253. The first-order chi connectivity index (χ1) is 6.66. The van der Waals surface area contributed by atoms with Crippen molar-refractivity contribution >= 4 is 15.9 Å². The van der Waals surface area contributed by atoms with Gasteiger partial charge in [0.1, 0.15) is 5.75 Å². The number of hydrogen-bond donors (Lipinski definition) is 0. The highest BCUT2D eigenvalue weighted by atomic mass is 79.9. The van der Waals surface area contributed by atoms with E-state index in [1.54, 1.807) is 0 Å². The van der Waals surface area contributed by atoms with Crippen molar-refractivity contribution in [3.05, 3.63) is 29.3 Å². The molecule has 14 heavy (non-hydrogen) atoms. The lowest BCUT2D eigenvalue weighted by atomic mass is 10.1. The maximum absolute atomic E-state index is 5.67. The molecule has 0 spiro atoms. The van der Waals surface area contributed by atoms with Crippen LogP contribution in [0.4, 0.5) is 0 Å². The molecular weight excluding hydrogens is 240 g/mol. The molecule has 0 bridgehead atoms. The molecule has 0 N–H and O–H groups in total. The SMILES string of the molecule is CC(C)Oc1ccc2c(c1)C(Br)CC2. The predicted molar refractivity (Wildman–Crippen MR) is 62.2 cm³/mol. The largest absolute Gasteiger partial charge is 0.491 e. The Bertz CT molecular complexity index is 333. The molecule has 0 saturated carbocycles. The van der Waals surface area contributed by atoms with E-state index in [4.69, 9.17) is 4.74 Å². The summed E-state index contributed by atoms with van der Waals surface area (Å²) in [5.74, 6) is 0.991. The predicted octanol–water partition coefficient (Wildman–Crippen LogP) is 3.86. The first-order valence-corrected chi connectivity index (χ1v) is 6.02. The third kappa shape index (κ3) is 1.95. The van der Waals surface area contributed by atoms with Crippen LogP contribution < -0.4 is 4.74 Å². The third-order valence-electron chi connectivity index (χ3n) is 2.49. The molecule has 2 rings (SSSR count). The summed E-state index contributed by atoms with van der Waals surface area (Å²) in [5, 5.41) is 0. The van der Waals surface area contributed by atoms with Gasteiger partial charge in [0, 0.05) is 4.83 Å². The van der Waals surface area contributed by atoms with E-state index in [-0.39, 0.29) is 6.10 Å². The van der Waals surface area contributed by atoms with Gasteiger partial charge in [-0.3, -0.25) is 0 Å². The zero-order chi connectivity index (χ0) is 10.1. The Balaban J connectivity index is 2.26. The van der Waals surface area contributed by atoms with Gasteiger partial charge in [0.25, 0.3) is 0 Å². The Morgan fingerprint density at radius 2 is 2.21 bits per heavy atom. The topological polar surface area (TPSA) is 9.23 Å². The van der Waals surface area contributed by atoms with Crippen molar-refractivity contribution < 1.29 is 4.74 Å². The van der Waals surface area contributed by atoms with E-state index in [2.05, 4.69) is 48.0 Å². The fraction of sp³-hybridized carbons (Fsp3) is 0.500. The van der Waals surface area contributed by atoms with Crippen molar-refractivity contribution in [1.82, 2.24) is 0 Å². The molecule has 76 valence electrons. The molecule has 1 aromatic rings. The average molecular weight is 255 g/mol. The smallest absolute Gasteiger partial charge is 0.120 e. The number of benzene rings is 1. The number of rotatable bonds is 2. The maximum atomic E-state index is 5.67. The average Bonchev–Trinajstić information content (AvgIpc) is 2.47. The van der Waals surface area contributed by atoms with E-state index >= 15 is 0 Å². The quantitative estimate of drug-likeness (QED) is 0.729. The van der Waals surface area contributed by atoms with Crippen LogP contribution in [-0.4, -0.2) is 6.10 Å². The van der Waals surface area contributed by atoms with Gasteiger partial charge in [-0.2, -0.15) is 0 Å². The Kier molecular flexibility index (Phi) is 2.82. The molecule has 0 saturated heterocycles. The molecule has 0 aliphatic heterocycles. The summed E-state index contributed by atoms with van der Waals surface area (Å²) in [5.41, 5.74) is 2.87. The molecular formula is C12H15BrO. The van der Waals surface area contributed by atoms with Crippen LogP contribution in [0.5, 0.6) is 5.75 Å². The lowest BCUT2D eigenvalue weighted by Gasteiger charge is -2.11. The number of alkyl halides is 1. The standard InChI is InChI=1S/C12H15BrO/c1-8(2)14-10-5-3-9-4-6-12(13)11(9)7-10/h3,5,7-8,12H,4,6H2,1-2H3. The molecule has 0 amide bonds. The molecule has 0 heterocycles. The summed E-state index contributed by atoms with van der Waals surface area (Å²) in [6.07, 6.45) is 2.65. The molecule has 0 aromatic heterocycles. The van der Waals surface area contributed by atoms with E-state index in [1.165, 1.54) is 24.0 Å². The third-order valence-corrected chi connectivity index (χ3v) is 3.44. The summed E-state index contributed by atoms with van der Waals surface area (Å²) < 4.78 is 5.67. The fourth-order valence-electron chi connectivity index (χ4n) is 1.88. The van der Waals surface area contributed by atoms with Crippen molar-refractivity contribution in [2.45, 2.75) is 37.6 Å². The molecule has 1 unspecified atom stereocenters. The molecule has 1 aliphatic carbocycles. The fourth-order valence-corrected chi connectivity index (χ4v) is 2.53. The van der Waals surface area contributed by atoms with Gasteiger partial charge >= 0.3 is 0 Å². The van der Waals surface area contributed by atoms with E-state index in [0.29, 0.717) is 4.83 Å². The maximum Gasteiger partial charge on any atom is 0.120 e. The van der Waals surface area contributed by atoms with Crippen LogP contribution in [0.15, 0.2) is 18.2 Å². The second-order valence-corrected chi connectivity index (χ2v) is 5.14. The van der Waals surface area contributed by atoms with Crippen molar-refractivity contribution in [1.29, 1.82) is 0 Å². The molecule has 1 aliphatic rings. The van der Waals surface area contributed by atoms with E-state index in [0.717, 1.165) is 5.75 Å². The Morgan fingerprint density at radius 1 is 1.43 bits per heavy atom. The summed E-state index contributed by atoms with van der Waals surface area (Å²) in [7, 11) is 0. The van der Waals surface area contributed by atoms with Crippen LogP contribution in [-0.2, 0) is 6.42 Å². The van der Waals surface area contributed by atoms with Crippen LogP contribution in [0, 0.1) is 0 Å². The van der Waals surface area contributed by atoms with E-state index < -0.39 is 0 Å². The first kappa shape index (κ1) is 10.0. The molecule has 1 aromatic carbocycles. The van der Waals surface area contributed by atoms with Crippen molar-refractivity contribution in [2.75, 3.05) is 0 Å². The summed E-state index contributed by atoms with van der Waals surface area (Å²) in [4.78, 5) is 0.521. The van der Waals surface area contributed by atoms with Gasteiger partial charge in [-0.15, -0.1) is 0 Å². The lowest BCUT2D eigenvalue weighted by Crippen LogP contribution is -2.05. The van der Waals surface area contributed by atoms with Crippen LogP contribution in [0.1, 0.15) is 36.2 Å². The highest BCUT2D eigenvalue weighted by molar-refractivity contribution is 9.09. The van der Waals surface area contributed by atoms with Crippen LogP contribution >= 0.6 is 15.9 Å². The zero-order valence-corrected chi connectivity index (χ0v) is 10.2. The Morgan fingerprint density at radius 3 is 2.93 bits per heavy atom. The summed E-state index contributed by atoms with van der Waals surface area (Å²) >= 11 is 3.68. The van der Waals surface area contributed by atoms with E-state index in [9.17, 15) is 0 Å². The van der Waals surface area contributed by atoms with Gasteiger partial charge in [-0.25, -0.2) is 0 Å². The lowest BCUT2D eigenvalue weighted by molar-refractivity contribution is 0.242. The van der Waals surface area contributed by atoms with Crippen molar-refractivity contribution in [3.8, 4) is 5.75 Å². The summed E-state index contributed by atoms with van der Waals surface area (Å²) in [6.45, 7) is 4.11. The second-order valence-electron chi connectivity index (χ2n) is 4.03. The molecule has 1 nitrogen and oxygen atoms in total. The summed E-state index contributed by atoms with van der Waals surface area (Å²) in [6, 6.07) is 6.43. The molecule has 0 radical (unpaired) electrons. The monoisotopic (exact) mass is 254 g/mol. The van der Waals surface area contributed by atoms with Gasteiger partial charge in [-0.1, -0.05) is 22.0 Å².